The number of hydrogen-bond acceptors (Lipinski definition) is 8. The van der Waals surface area contributed by atoms with E-state index in [9.17, 15) is 4.79 Å². The number of aromatic nitrogens is 1. The predicted octanol–water partition coefficient (Wildman–Crippen LogP) is 4.37. The molecule has 2 aliphatic heterocycles. The number of rotatable bonds is 11. The average molecular weight is 494 g/mol. The number of hydrogen-bond donors (Lipinski definition) is 0. The van der Waals surface area contributed by atoms with Crippen LogP contribution in [-0.2, 0) is 16.0 Å². The highest BCUT2D eigenvalue weighted by molar-refractivity contribution is 7.99. The highest BCUT2D eigenvalue weighted by Crippen LogP contribution is 2.37. The highest BCUT2D eigenvalue weighted by Gasteiger charge is 2.22. The molecule has 7 nitrogen and oxygen atoms in total. The molecule has 2 aliphatic rings. The third-order valence-corrected chi connectivity index (χ3v) is 7.65. The standard InChI is InChI=1S/C27H31N3O4S/c31-19-32-20-34-27-9-7-21-6-8-22(18-24(21)28-27)33-16-2-1-11-29-12-14-30(15-13-29)25-4-3-5-26-23(25)10-17-35-26/h3-9,18-19H,1-2,10-17,20H2. The second-order valence-electron chi connectivity index (χ2n) is 8.77. The van der Waals surface area contributed by atoms with Crippen molar-refractivity contribution in [3.8, 4) is 11.6 Å². The molecule has 35 heavy (non-hydrogen) atoms. The maximum Gasteiger partial charge on any atom is 0.295 e. The summed E-state index contributed by atoms with van der Waals surface area (Å²) in [5, 5.41) is 0.999. The van der Waals surface area contributed by atoms with Crippen molar-refractivity contribution in [2.45, 2.75) is 24.2 Å². The Kier molecular flexibility index (Phi) is 7.90. The fraction of sp³-hybridized carbons (Fsp3) is 0.407. The molecule has 0 spiro atoms. The minimum Gasteiger partial charge on any atom is -0.494 e. The monoisotopic (exact) mass is 493 g/mol. The number of pyridine rings is 1. The van der Waals surface area contributed by atoms with E-state index in [1.165, 1.54) is 22.8 Å². The zero-order chi connectivity index (χ0) is 23.9. The van der Waals surface area contributed by atoms with E-state index in [2.05, 4.69) is 37.7 Å². The third kappa shape index (κ3) is 6.00. The minimum absolute atomic E-state index is 0.152. The van der Waals surface area contributed by atoms with Gasteiger partial charge in [-0.1, -0.05) is 6.07 Å². The average Bonchev–Trinajstić information content (AvgIpc) is 3.38. The molecule has 3 aromatic rings. The fourth-order valence-corrected chi connectivity index (χ4v) is 5.79. The van der Waals surface area contributed by atoms with E-state index in [0.29, 0.717) is 19.0 Å². The van der Waals surface area contributed by atoms with Gasteiger partial charge in [-0.15, -0.1) is 11.8 Å². The molecule has 5 rings (SSSR count). The van der Waals surface area contributed by atoms with Crippen LogP contribution in [0.15, 0.2) is 53.4 Å². The van der Waals surface area contributed by atoms with E-state index in [4.69, 9.17) is 9.47 Å². The summed E-state index contributed by atoms with van der Waals surface area (Å²) in [6, 6.07) is 16.3. The second-order valence-corrected chi connectivity index (χ2v) is 9.90. The molecule has 3 heterocycles. The summed E-state index contributed by atoms with van der Waals surface area (Å²) in [7, 11) is 0. The van der Waals surface area contributed by atoms with Gasteiger partial charge in [0.2, 0.25) is 12.7 Å². The number of benzene rings is 2. The van der Waals surface area contributed by atoms with Gasteiger partial charge in [-0.05, 0) is 61.7 Å². The zero-order valence-corrected chi connectivity index (χ0v) is 20.7. The van der Waals surface area contributed by atoms with Crippen molar-refractivity contribution < 1.29 is 19.0 Å². The Morgan fingerprint density at radius 3 is 2.77 bits per heavy atom. The fourth-order valence-electron chi connectivity index (χ4n) is 4.71. The highest BCUT2D eigenvalue weighted by atomic mass is 32.2. The van der Waals surface area contributed by atoms with Crippen molar-refractivity contribution in [2.24, 2.45) is 0 Å². The van der Waals surface area contributed by atoms with E-state index in [1.54, 1.807) is 11.6 Å². The number of anilines is 1. The molecule has 0 bridgehead atoms. The lowest BCUT2D eigenvalue weighted by Gasteiger charge is -2.37. The lowest BCUT2D eigenvalue weighted by molar-refractivity contribution is -0.134. The molecule has 184 valence electrons. The smallest absolute Gasteiger partial charge is 0.295 e. The Balaban J connectivity index is 1.03. The van der Waals surface area contributed by atoms with Gasteiger partial charge in [-0.2, -0.15) is 0 Å². The number of fused-ring (bicyclic) bond motifs is 2. The van der Waals surface area contributed by atoms with Crippen molar-refractivity contribution >= 4 is 34.8 Å². The van der Waals surface area contributed by atoms with Crippen molar-refractivity contribution in [2.75, 3.05) is 56.8 Å². The van der Waals surface area contributed by atoms with Crippen LogP contribution < -0.4 is 14.4 Å². The van der Waals surface area contributed by atoms with Gasteiger partial charge < -0.3 is 19.1 Å². The molecule has 0 N–H and O–H groups in total. The molecule has 1 saturated heterocycles. The van der Waals surface area contributed by atoms with Crippen molar-refractivity contribution in [3.05, 3.63) is 54.1 Å². The van der Waals surface area contributed by atoms with Gasteiger partial charge in [-0.25, -0.2) is 4.98 Å². The first kappa shape index (κ1) is 23.8. The Morgan fingerprint density at radius 2 is 1.89 bits per heavy atom. The van der Waals surface area contributed by atoms with E-state index in [-0.39, 0.29) is 6.79 Å². The number of nitrogens with zero attached hydrogens (tertiary/aromatic N) is 3. The second kappa shape index (κ2) is 11.6. The van der Waals surface area contributed by atoms with Crippen LogP contribution in [0.25, 0.3) is 10.9 Å². The van der Waals surface area contributed by atoms with E-state index < -0.39 is 0 Å². The Bertz CT molecular complexity index is 1150. The van der Waals surface area contributed by atoms with Crippen LogP contribution >= 0.6 is 11.8 Å². The maximum atomic E-state index is 10.2. The van der Waals surface area contributed by atoms with Gasteiger partial charge in [-0.3, -0.25) is 9.69 Å². The third-order valence-electron chi connectivity index (χ3n) is 6.55. The molecule has 1 fully saturated rings. The Hall–Kier alpha value is -2.97. The number of carbonyl (C=O) groups is 1. The van der Waals surface area contributed by atoms with Gasteiger partial charge in [0.1, 0.15) is 5.75 Å². The van der Waals surface area contributed by atoms with E-state index >= 15 is 0 Å². The van der Waals surface area contributed by atoms with E-state index in [1.807, 2.05) is 36.0 Å². The molecule has 8 heteroatoms. The molecular formula is C27H31N3O4S. The predicted molar refractivity (Wildman–Crippen MR) is 139 cm³/mol. The van der Waals surface area contributed by atoms with Crippen molar-refractivity contribution in [3.63, 3.8) is 0 Å². The largest absolute Gasteiger partial charge is 0.494 e. The molecular weight excluding hydrogens is 462 g/mol. The van der Waals surface area contributed by atoms with Crippen LogP contribution in [0.1, 0.15) is 18.4 Å². The van der Waals surface area contributed by atoms with Crippen LogP contribution in [0.3, 0.4) is 0 Å². The molecule has 0 amide bonds. The maximum absolute atomic E-state index is 10.2. The lowest BCUT2D eigenvalue weighted by atomic mass is 10.1. The van der Waals surface area contributed by atoms with Crippen LogP contribution in [0.4, 0.5) is 5.69 Å². The molecule has 0 saturated carbocycles. The van der Waals surface area contributed by atoms with Gasteiger partial charge in [0.05, 0.1) is 12.1 Å². The molecule has 0 aliphatic carbocycles. The summed E-state index contributed by atoms with van der Waals surface area (Å²) < 4.78 is 15.8. The first-order valence-electron chi connectivity index (χ1n) is 12.2. The minimum atomic E-state index is -0.152. The normalized spacial score (nSPS) is 15.7. The molecule has 0 radical (unpaired) electrons. The summed E-state index contributed by atoms with van der Waals surface area (Å²) in [5.41, 5.74) is 3.80. The van der Waals surface area contributed by atoms with Gasteiger partial charge in [0.25, 0.3) is 6.47 Å². The van der Waals surface area contributed by atoms with Crippen LogP contribution in [0.5, 0.6) is 11.6 Å². The first-order valence-corrected chi connectivity index (χ1v) is 13.2. The van der Waals surface area contributed by atoms with Gasteiger partial charge >= 0.3 is 0 Å². The lowest BCUT2D eigenvalue weighted by Crippen LogP contribution is -2.47. The number of ether oxygens (including phenoxy) is 3. The van der Waals surface area contributed by atoms with Gasteiger partial charge in [0.15, 0.2) is 0 Å². The molecule has 0 unspecified atom stereocenters. The van der Waals surface area contributed by atoms with Crippen molar-refractivity contribution in [1.29, 1.82) is 0 Å². The quantitative estimate of drug-likeness (QED) is 0.222. The summed E-state index contributed by atoms with van der Waals surface area (Å²) in [4.78, 5) is 21.3. The van der Waals surface area contributed by atoms with Crippen LogP contribution in [0, 0.1) is 0 Å². The summed E-state index contributed by atoms with van der Waals surface area (Å²) in [5.74, 6) is 2.43. The van der Waals surface area contributed by atoms with Gasteiger partial charge in [0, 0.05) is 60.0 Å². The van der Waals surface area contributed by atoms with Crippen LogP contribution in [0.2, 0.25) is 0 Å². The number of carbonyl (C=O) groups excluding carboxylic acids is 1. The molecule has 2 aromatic carbocycles. The topological polar surface area (TPSA) is 64.1 Å². The number of piperazine rings is 1. The van der Waals surface area contributed by atoms with Crippen LogP contribution in [-0.4, -0.2) is 68.2 Å². The molecule has 1 aromatic heterocycles. The Morgan fingerprint density at radius 1 is 1.00 bits per heavy atom. The number of thioether (sulfide) groups is 1. The molecule has 0 atom stereocenters. The summed E-state index contributed by atoms with van der Waals surface area (Å²) in [6.45, 7) is 6.45. The Labute approximate surface area is 210 Å². The van der Waals surface area contributed by atoms with E-state index in [0.717, 1.165) is 62.2 Å². The zero-order valence-electron chi connectivity index (χ0n) is 19.9. The SMILES string of the molecule is O=COCOc1ccc2ccc(OCCCCN3CCN(c4cccc5c4CCS5)CC3)cc2n1. The first-order chi connectivity index (χ1) is 17.3. The summed E-state index contributed by atoms with van der Waals surface area (Å²) >= 11 is 1.99. The number of unbranched alkanes of at least 4 members (excludes halogenated alkanes) is 1. The van der Waals surface area contributed by atoms with Crippen molar-refractivity contribution in [1.82, 2.24) is 9.88 Å². The summed E-state index contributed by atoms with van der Waals surface area (Å²) in [6.07, 6.45) is 3.34.